The zero-order valence-corrected chi connectivity index (χ0v) is 12.7. The number of hydrogen-bond acceptors (Lipinski definition) is 3. The lowest BCUT2D eigenvalue weighted by Gasteiger charge is -2.36. The Hall–Kier alpha value is -0.380. The van der Waals surface area contributed by atoms with Crippen LogP contribution in [0.15, 0.2) is 16.8 Å². The van der Waals surface area contributed by atoms with Crippen LogP contribution >= 0.6 is 11.3 Å². The number of hydrogen-bond donors (Lipinski definition) is 1. The molecular formula is C15H26N2S. The minimum atomic E-state index is 0.676. The molecule has 1 N–H and O–H groups in total. The number of thiophene rings is 1. The summed E-state index contributed by atoms with van der Waals surface area (Å²) in [5.74, 6) is 1.55. The standard InChI is InChI=1S/C15H26N2S/c1-12(2)8-16-15-7-14(9-17(3)10-15)6-13-4-5-18-11-13/h4-5,11-12,14-16H,6-10H2,1-3H3. The van der Waals surface area contributed by atoms with Crippen molar-refractivity contribution in [2.45, 2.75) is 32.7 Å². The monoisotopic (exact) mass is 266 g/mol. The Morgan fingerprint density at radius 3 is 2.94 bits per heavy atom. The molecule has 0 aliphatic carbocycles. The molecule has 1 fully saturated rings. The first kappa shape index (κ1) is 14.0. The van der Waals surface area contributed by atoms with E-state index in [9.17, 15) is 0 Å². The Morgan fingerprint density at radius 1 is 1.44 bits per heavy atom. The molecule has 3 heteroatoms. The average molecular weight is 266 g/mol. The van der Waals surface area contributed by atoms with Crippen molar-refractivity contribution < 1.29 is 0 Å². The number of piperidine rings is 1. The van der Waals surface area contributed by atoms with Crippen molar-refractivity contribution in [1.82, 2.24) is 10.2 Å². The molecular weight excluding hydrogens is 240 g/mol. The number of rotatable bonds is 5. The van der Waals surface area contributed by atoms with Gasteiger partial charge in [0.1, 0.15) is 0 Å². The van der Waals surface area contributed by atoms with E-state index in [0.717, 1.165) is 18.4 Å². The topological polar surface area (TPSA) is 15.3 Å². The predicted molar refractivity (Wildman–Crippen MR) is 80.3 cm³/mol. The summed E-state index contributed by atoms with van der Waals surface area (Å²) in [5.41, 5.74) is 1.52. The van der Waals surface area contributed by atoms with Crippen LogP contribution in [-0.4, -0.2) is 37.6 Å². The van der Waals surface area contributed by atoms with Gasteiger partial charge in [-0.25, -0.2) is 0 Å². The van der Waals surface area contributed by atoms with Gasteiger partial charge in [-0.05, 0) is 60.7 Å². The lowest BCUT2D eigenvalue weighted by atomic mass is 9.89. The fraction of sp³-hybridized carbons (Fsp3) is 0.733. The predicted octanol–water partition coefficient (Wildman–Crippen LogP) is 2.86. The van der Waals surface area contributed by atoms with E-state index in [2.05, 4.69) is 47.9 Å². The lowest BCUT2D eigenvalue weighted by Crippen LogP contribution is -2.48. The molecule has 0 saturated carbocycles. The molecule has 1 aliphatic rings. The summed E-state index contributed by atoms with van der Waals surface area (Å²) in [5, 5.41) is 8.21. The summed E-state index contributed by atoms with van der Waals surface area (Å²) < 4.78 is 0. The molecule has 0 radical (unpaired) electrons. The SMILES string of the molecule is CC(C)CNC1CC(Cc2ccsc2)CN(C)C1. The summed E-state index contributed by atoms with van der Waals surface area (Å²) in [6.45, 7) is 8.15. The highest BCUT2D eigenvalue weighted by Gasteiger charge is 2.25. The van der Waals surface area contributed by atoms with Crippen molar-refractivity contribution >= 4 is 11.3 Å². The third-order valence-electron chi connectivity index (χ3n) is 3.64. The van der Waals surface area contributed by atoms with Crippen LogP contribution in [-0.2, 0) is 6.42 Å². The van der Waals surface area contributed by atoms with Gasteiger partial charge in [0.25, 0.3) is 0 Å². The van der Waals surface area contributed by atoms with Gasteiger partial charge < -0.3 is 10.2 Å². The van der Waals surface area contributed by atoms with Gasteiger partial charge in [0.05, 0.1) is 0 Å². The zero-order chi connectivity index (χ0) is 13.0. The maximum Gasteiger partial charge on any atom is 0.0198 e. The van der Waals surface area contributed by atoms with Crippen LogP contribution in [0.25, 0.3) is 0 Å². The van der Waals surface area contributed by atoms with Crippen LogP contribution in [0.5, 0.6) is 0 Å². The molecule has 1 aliphatic heterocycles. The van der Waals surface area contributed by atoms with E-state index in [1.165, 1.54) is 31.5 Å². The average Bonchev–Trinajstić information content (AvgIpc) is 2.78. The van der Waals surface area contributed by atoms with E-state index in [4.69, 9.17) is 0 Å². The second kappa shape index (κ2) is 6.69. The van der Waals surface area contributed by atoms with Crippen molar-refractivity contribution in [2.75, 3.05) is 26.7 Å². The Kier molecular flexibility index (Phi) is 5.22. The van der Waals surface area contributed by atoms with Gasteiger partial charge >= 0.3 is 0 Å². The quantitative estimate of drug-likeness (QED) is 0.881. The second-order valence-electron chi connectivity index (χ2n) is 6.16. The van der Waals surface area contributed by atoms with E-state index in [1.54, 1.807) is 0 Å². The summed E-state index contributed by atoms with van der Waals surface area (Å²) in [6.07, 6.45) is 2.57. The van der Waals surface area contributed by atoms with E-state index in [-0.39, 0.29) is 0 Å². The van der Waals surface area contributed by atoms with Crippen LogP contribution in [0.1, 0.15) is 25.8 Å². The Bertz CT molecular complexity index is 334. The van der Waals surface area contributed by atoms with Gasteiger partial charge in [0.2, 0.25) is 0 Å². The smallest absolute Gasteiger partial charge is 0.0198 e. The molecule has 0 spiro atoms. The number of nitrogens with zero attached hydrogens (tertiary/aromatic N) is 1. The molecule has 2 rings (SSSR count). The fourth-order valence-electron chi connectivity index (χ4n) is 2.88. The minimum absolute atomic E-state index is 0.676. The summed E-state index contributed by atoms with van der Waals surface area (Å²) in [4.78, 5) is 2.48. The van der Waals surface area contributed by atoms with Crippen LogP contribution < -0.4 is 5.32 Å². The normalized spacial score (nSPS) is 25.8. The zero-order valence-electron chi connectivity index (χ0n) is 11.9. The number of likely N-dealkylation sites (N-methyl/N-ethyl adjacent to an activating group) is 1. The van der Waals surface area contributed by atoms with Crippen LogP contribution in [0.4, 0.5) is 0 Å². The first-order valence-electron chi connectivity index (χ1n) is 7.06. The highest BCUT2D eigenvalue weighted by atomic mass is 32.1. The highest BCUT2D eigenvalue weighted by Crippen LogP contribution is 2.21. The van der Waals surface area contributed by atoms with Crippen molar-refractivity contribution in [1.29, 1.82) is 0 Å². The van der Waals surface area contributed by atoms with Crippen LogP contribution in [0, 0.1) is 11.8 Å². The first-order chi connectivity index (χ1) is 8.63. The molecule has 102 valence electrons. The molecule has 2 unspecified atom stereocenters. The molecule has 2 nitrogen and oxygen atoms in total. The lowest BCUT2D eigenvalue weighted by molar-refractivity contribution is 0.167. The Labute approximate surface area is 115 Å². The van der Waals surface area contributed by atoms with E-state index in [0.29, 0.717) is 6.04 Å². The third-order valence-corrected chi connectivity index (χ3v) is 4.37. The van der Waals surface area contributed by atoms with E-state index < -0.39 is 0 Å². The van der Waals surface area contributed by atoms with Gasteiger partial charge in [-0.1, -0.05) is 13.8 Å². The van der Waals surface area contributed by atoms with Gasteiger partial charge in [0, 0.05) is 19.1 Å². The molecule has 1 aromatic rings. The maximum atomic E-state index is 3.72. The summed E-state index contributed by atoms with van der Waals surface area (Å²) in [6, 6.07) is 2.95. The Morgan fingerprint density at radius 2 is 2.28 bits per heavy atom. The van der Waals surface area contributed by atoms with Gasteiger partial charge in [0.15, 0.2) is 0 Å². The van der Waals surface area contributed by atoms with Crippen LogP contribution in [0.2, 0.25) is 0 Å². The second-order valence-corrected chi connectivity index (χ2v) is 6.94. The third kappa shape index (κ3) is 4.38. The Balaban J connectivity index is 1.84. The largest absolute Gasteiger partial charge is 0.312 e. The molecule has 2 atom stereocenters. The van der Waals surface area contributed by atoms with E-state index in [1.807, 2.05) is 11.3 Å². The first-order valence-corrected chi connectivity index (χ1v) is 8.00. The molecule has 0 bridgehead atoms. The molecule has 0 aromatic carbocycles. The summed E-state index contributed by atoms with van der Waals surface area (Å²) in [7, 11) is 2.25. The highest BCUT2D eigenvalue weighted by molar-refractivity contribution is 7.07. The number of likely N-dealkylation sites (tertiary alicyclic amines) is 1. The minimum Gasteiger partial charge on any atom is -0.312 e. The van der Waals surface area contributed by atoms with Crippen molar-refractivity contribution in [3.63, 3.8) is 0 Å². The number of nitrogens with one attached hydrogen (secondary N) is 1. The van der Waals surface area contributed by atoms with Gasteiger partial charge in [-0.15, -0.1) is 0 Å². The van der Waals surface area contributed by atoms with Gasteiger partial charge in [-0.2, -0.15) is 11.3 Å². The summed E-state index contributed by atoms with van der Waals surface area (Å²) >= 11 is 1.81. The van der Waals surface area contributed by atoms with Crippen molar-refractivity contribution in [3.05, 3.63) is 22.4 Å². The van der Waals surface area contributed by atoms with Crippen molar-refractivity contribution in [3.8, 4) is 0 Å². The molecule has 1 saturated heterocycles. The maximum absolute atomic E-state index is 3.72. The van der Waals surface area contributed by atoms with Gasteiger partial charge in [-0.3, -0.25) is 0 Å². The molecule has 1 aromatic heterocycles. The molecule has 0 amide bonds. The van der Waals surface area contributed by atoms with Crippen molar-refractivity contribution in [2.24, 2.45) is 11.8 Å². The van der Waals surface area contributed by atoms with Crippen LogP contribution in [0.3, 0.4) is 0 Å². The molecule has 2 heterocycles. The van der Waals surface area contributed by atoms with E-state index >= 15 is 0 Å². The molecule has 18 heavy (non-hydrogen) atoms. The fourth-order valence-corrected chi connectivity index (χ4v) is 3.56.